The number of nitrogens with one attached hydrogen (secondary N) is 3. The highest BCUT2D eigenvalue weighted by Gasteiger charge is 2.03. The summed E-state index contributed by atoms with van der Waals surface area (Å²) in [7, 11) is 0. The molecule has 206 valence electrons. The minimum atomic E-state index is -0.0715. The number of urea groups is 1. The van der Waals surface area contributed by atoms with Crippen LogP contribution in [0.25, 0.3) is 0 Å². The second-order valence-electron chi connectivity index (χ2n) is 10.2. The Labute approximate surface area is 222 Å². The molecule has 0 heterocycles. The molecule has 0 aliphatic heterocycles. The van der Waals surface area contributed by atoms with Gasteiger partial charge >= 0.3 is 6.03 Å². The lowest BCUT2D eigenvalue weighted by Crippen LogP contribution is -2.36. The molecule has 0 spiro atoms. The molecule has 0 saturated heterocycles. The number of anilines is 1. The predicted molar refractivity (Wildman–Crippen MR) is 154 cm³/mol. The van der Waals surface area contributed by atoms with Crippen LogP contribution < -0.4 is 16.0 Å². The first kappa shape index (κ1) is 32.0. The highest BCUT2D eigenvalue weighted by molar-refractivity contribution is 5.90. The van der Waals surface area contributed by atoms with Gasteiger partial charge in [0.05, 0.1) is 0 Å². The number of rotatable bonds is 24. The average Bonchev–Trinajstić information content (AvgIpc) is 2.88. The van der Waals surface area contributed by atoms with E-state index < -0.39 is 0 Å². The van der Waals surface area contributed by atoms with E-state index in [9.17, 15) is 9.59 Å². The lowest BCUT2D eigenvalue weighted by Gasteiger charge is -2.08. The van der Waals surface area contributed by atoms with Crippen LogP contribution in [0.1, 0.15) is 135 Å². The molecule has 0 radical (unpaired) electrons. The third-order valence-electron chi connectivity index (χ3n) is 6.74. The van der Waals surface area contributed by atoms with E-state index in [0.29, 0.717) is 13.0 Å². The number of carbonyl (C=O) groups is 2. The maximum atomic E-state index is 11.9. The van der Waals surface area contributed by atoms with Crippen molar-refractivity contribution in [3.8, 4) is 0 Å². The Morgan fingerprint density at radius 3 is 1.44 bits per heavy atom. The van der Waals surface area contributed by atoms with E-state index in [0.717, 1.165) is 37.9 Å². The summed E-state index contributed by atoms with van der Waals surface area (Å²) in [4.78, 5) is 23.8. The first-order valence-electron chi connectivity index (χ1n) is 15.1. The molecule has 5 heteroatoms. The lowest BCUT2D eigenvalue weighted by atomic mass is 10.0. The molecule has 1 aromatic carbocycles. The smallest absolute Gasteiger partial charge is 0.314 e. The zero-order valence-corrected chi connectivity index (χ0v) is 23.3. The van der Waals surface area contributed by atoms with Gasteiger partial charge in [-0.3, -0.25) is 4.79 Å². The minimum Gasteiger partial charge on any atom is -0.338 e. The van der Waals surface area contributed by atoms with Crippen LogP contribution in [-0.4, -0.2) is 25.0 Å². The molecule has 0 unspecified atom stereocenters. The number of amides is 3. The number of carbonyl (C=O) groups excluding carboxylic acids is 2. The average molecular weight is 502 g/mol. The zero-order valence-electron chi connectivity index (χ0n) is 23.3. The monoisotopic (exact) mass is 501 g/mol. The molecule has 0 aliphatic rings. The van der Waals surface area contributed by atoms with Crippen molar-refractivity contribution in [2.45, 2.75) is 135 Å². The SMILES string of the molecule is CCCCCCCCCCCCCCCCCCNC(=O)NCCCCCC(=O)Nc1ccccc1. The van der Waals surface area contributed by atoms with E-state index in [1.807, 2.05) is 30.3 Å². The highest BCUT2D eigenvalue weighted by atomic mass is 16.2. The highest BCUT2D eigenvalue weighted by Crippen LogP contribution is 2.13. The second-order valence-corrected chi connectivity index (χ2v) is 10.2. The lowest BCUT2D eigenvalue weighted by molar-refractivity contribution is -0.116. The van der Waals surface area contributed by atoms with Crippen LogP contribution in [-0.2, 0) is 4.79 Å². The minimum absolute atomic E-state index is 0.0469. The summed E-state index contributed by atoms with van der Waals surface area (Å²) in [6.45, 7) is 3.69. The number of unbranched alkanes of at least 4 members (excludes halogenated alkanes) is 17. The Balaban J connectivity index is 1.75. The van der Waals surface area contributed by atoms with Gasteiger partial charge in [-0.25, -0.2) is 4.79 Å². The molecule has 1 aromatic rings. The van der Waals surface area contributed by atoms with Gasteiger partial charge in [0, 0.05) is 25.2 Å². The van der Waals surface area contributed by atoms with Crippen molar-refractivity contribution in [2.75, 3.05) is 18.4 Å². The third-order valence-corrected chi connectivity index (χ3v) is 6.74. The molecular weight excluding hydrogens is 446 g/mol. The number of para-hydroxylation sites is 1. The summed E-state index contributed by atoms with van der Waals surface area (Å²) in [5, 5.41) is 8.77. The first-order chi connectivity index (χ1) is 17.7. The molecule has 0 saturated carbocycles. The molecule has 36 heavy (non-hydrogen) atoms. The van der Waals surface area contributed by atoms with Crippen molar-refractivity contribution in [3.63, 3.8) is 0 Å². The standard InChI is InChI=1S/C31H55N3O2/c1-2-3-4-5-6-7-8-9-10-11-12-13-14-15-16-22-27-32-31(36)33-28-23-18-21-26-30(35)34-29-24-19-17-20-25-29/h17,19-20,24-25H,2-16,18,21-23,26-28H2,1H3,(H,34,35)(H2,32,33,36). The fourth-order valence-corrected chi connectivity index (χ4v) is 4.47. The Morgan fingerprint density at radius 2 is 0.972 bits per heavy atom. The molecule has 3 N–H and O–H groups in total. The fourth-order valence-electron chi connectivity index (χ4n) is 4.47. The van der Waals surface area contributed by atoms with Crippen LogP contribution in [0.3, 0.4) is 0 Å². The van der Waals surface area contributed by atoms with Crippen molar-refractivity contribution < 1.29 is 9.59 Å². The first-order valence-corrected chi connectivity index (χ1v) is 15.1. The summed E-state index contributed by atoms with van der Waals surface area (Å²) in [5.74, 6) is 0.0469. The van der Waals surface area contributed by atoms with Crippen LogP contribution in [0, 0.1) is 0 Å². The number of hydrogen-bond acceptors (Lipinski definition) is 2. The van der Waals surface area contributed by atoms with Gasteiger partial charge in [0.25, 0.3) is 0 Å². The van der Waals surface area contributed by atoms with Gasteiger partial charge in [-0.05, 0) is 31.4 Å². The van der Waals surface area contributed by atoms with Crippen LogP contribution in [0.5, 0.6) is 0 Å². The molecule has 0 aromatic heterocycles. The fraction of sp³-hybridized carbons (Fsp3) is 0.742. The molecule has 1 rings (SSSR count). The summed E-state index contributed by atoms with van der Waals surface area (Å²) in [6, 6.07) is 9.46. The predicted octanol–water partition coefficient (Wildman–Crippen LogP) is 8.75. The van der Waals surface area contributed by atoms with Gasteiger partial charge in [-0.15, -0.1) is 0 Å². The van der Waals surface area contributed by atoms with Crippen molar-refractivity contribution in [3.05, 3.63) is 30.3 Å². The van der Waals surface area contributed by atoms with Gasteiger partial charge in [-0.2, -0.15) is 0 Å². The van der Waals surface area contributed by atoms with E-state index >= 15 is 0 Å². The molecule has 0 atom stereocenters. The Hall–Kier alpha value is -2.04. The summed E-state index contributed by atoms with van der Waals surface area (Å²) in [5.41, 5.74) is 0.838. The molecule has 0 fully saturated rings. The summed E-state index contributed by atoms with van der Waals surface area (Å²) in [6.07, 6.45) is 24.9. The van der Waals surface area contributed by atoms with Crippen LogP contribution in [0.15, 0.2) is 30.3 Å². The molecule has 3 amide bonds. The van der Waals surface area contributed by atoms with Gasteiger partial charge in [-0.1, -0.05) is 128 Å². The van der Waals surface area contributed by atoms with Crippen molar-refractivity contribution in [1.29, 1.82) is 0 Å². The quantitative estimate of drug-likeness (QED) is 0.124. The van der Waals surface area contributed by atoms with E-state index in [1.54, 1.807) is 0 Å². The Morgan fingerprint density at radius 1 is 0.556 bits per heavy atom. The Kier molecular flexibility index (Phi) is 21.9. The summed E-state index contributed by atoms with van der Waals surface area (Å²) < 4.78 is 0. The molecule has 5 nitrogen and oxygen atoms in total. The van der Waals surface area contributed by atoms with Gasteiger partial charge in [0.2, 0.25) is 5.91 Å². The Bertz CT molecular complexity index is 636. The van der Waals surface area contributed by atoms with Crippen LogP contribution in [0.4, 0.5) is 10.5 Å². The maximum absolute atomic E-state index is 11.9. The molecule has 0 bridgehead atoms. The topological polar surface area (TPSA) is 70.2 Å². The van der Waals surface area contributed by atoms with E-state index in [-0.39, 0.29) is 11.9 Å². The van der Waals surface area contributed by atoms with Crippen LogP contribution in [0.2, 0.25) is 0 Å². The molecule has 0 aliphatic carbocycles. The van der Waals surface area contributed by atoms with E-state index in [2.05, 4.69) is 22.9 Å². The molecular formula is C31H55N3O2. The normalized spacial score (nSPS) is 10.8. The van der Waals surface area contributed by atoms with Gasteiger partial charge in [0.1, 0.15) is 0 Å². The van der Waals surface area contributed by atoms with E-state index in [4.69, 9.17) is 0 Å². The third kappa shape index (κ3) is 21.3. The number of hydrogen-bond donors (Lipinski definition) is 3. The van der Waals surface area contributed by atoms with Crippen molar-refractivity contribution in [2.24, 2.45) is 0 Å². The largest absolute Gasteiger partial charge is 0.338 e. The van der Waals surface area contributed by atoms with Gasteiger partial charge < -0.3 is 16.0 Å². The number of benzene rings is 1. The maximum Gasteiger partial charge on any atom is 0.314 e. The van der Waals surface area contributed by atoms with Gasteiger partial charge in [0.15, 0.2) is 0 Å². The van der Waals surface area contributed by atoms with Crippen molar-refractivity contribution >= 4 is 17.6 Å². The zero-order chi connectivity index (χ0) is 25.9. The summed E-state index contributed by atoms with van der Waals surface area (Å²) >= 11 is 0. The van der Waals surface area contributed by atoms with Crippen LogP contribution >= 0.6 is 0 Å². The van der Waals surface area contributed by atoms with Crippen molar-refractivity contribution in [1.82, 2.24) is 10.6 Å². The second kappa shape index (κ2) is 24.6. The van der Waals surface area contributed by atoms with E-state index in [1.165, 1.54) is 96.3 Å².